The number of rotatable bonds is 7. The largest absolute Gasteiger partial charge is 0.348 e. The molecule has 6 nitrogen and oxygen atoms in total. The maximum atomic E-state index is 13.0. The Morgan fingerprint density at radius 2 is 2.00 bits per heavy atom. The maximum Gasteiger partial charge on any atom is 0.348 e. The highest BCUT2D eigenvalue weighted by Crippen LogP contribution is 2.31. The van der Waals surface area contributed by atoms with Gasteiger partial charge in [0.05, 0.1) is 5.75 Å². The number of carbonyl (C=O) groups is 1. The summed E-state index contributed by atoms with van der Waals surface area (Å²) in [6, 6.07) is 8.15. The molecular formula is C23H30N4O2S. The van der Waals surface area contributed by atoms with E-state index in [1.807, 2.05) is 41.8 Å². The molecule has 0 bridgehead atoms. The van der Waals surface area contributed by atoms with E-state index in [2.05, 4.69) is 16.0 Å². The maximum absolute atomic E-state index is 13.0. The average molecular weight is 427 g/mol. The Morgan fingerprint density at radius 1 is 1.17 bits per heavy atom. The highest BCUT2D eigenvalue weighted by atomic mass is 32.2. The molecule has 1 aromatic carbocycles. The van der Waals surface area contributed by atoms with Crippen molar-refractivity contribution in [2.24, 2.45) is 0 Å². The van der Waals surface area contributed by atoms with E-state index in [-0.39, 0.29) is 11.6 Å². The summed E-state index contributed by atoms with van der Waals surface area (Å²) in [5, 5.41) is 0.759. The minimum absolute atomic E-state index is 0.0934. The Morgan fingerprint density at radius 3 is 2.83 bits per heavy atom. The number of hydrogen-bond donors (Lipinski definition) is 0. The van der Waals surface area contributed by atoms with Gasteiger partial charge in [0.25, 0.3) is 0 Å². The zero-order chi connectivity index (χ0) is 21.1. The molecule has 30 heavy (non-hydrogen) atoms. The molecule has 0 atom stereocenters. The number of amides is 1. The average Bonchev–Trinajstić information content (AvgIpc) is 3.23. The summed E-state index contributed by atoms with van der Waals surface area (Å²) in [4.78, 5) is 34.1. The predicted octanol–water partition coefficient (Wildman–Crippen LogP) is 2.76. The molecule has 0 fully saturated rings. The molecule has 0 unspecified atom stereocenters. The van der Waals surface area contributed by atoms with Gasteiger partial charge >= 0.3 is 5.69 Å². The third kappa shape index (κ3) is 4.47. The molecule has 160 valence electrons. The Hall–Kier alpha value is -2.12. The number of benzene rings is 1. The first-order valence-electron chi connectivity index (χ1n) is 10.8. The van der Waals surface area contributed by atoms with E-state index in [9.17, 15) is 9.59 Å². The van der Waals surface area contributed by atoms with Crippen LogP contribution in [0.2, 0.25) is 0 Å². The van der Waals surface area contributed by atoms with Crippen LogP contribution in [0.3, 0.4) is 0 Å². The molecule has 2 heterocycles. The van der Waals surface area contributed by atoms with Crippen LogP contribution in [-0.2, 0) is 30.6 Å². The summed E-state index contributed by atoms with van der Waals surface area (Å²) in [5.41, 5.74) is 4.40. The van der Waals surface area contributed by atoms with E-state index in [4.69, 9.17) is 0 Å². The van der Waals surface area contributed by atoms with Crippen molar-refractivity contribution in [3.05, 3.63) is 51.6 Å². The van der Waals surface area contributed by atoms with Gasteiger partial charge in [0.15, 0.2) is 0 Å². The number of hydrogen-bond acceptors (Lipinski definition) is 5. The molecular weight excluding hydrogens is 396 g/mol. The first-order valence-corrected chi connectivity index (χ1v) is 11.8. The minimum atomic E-state index is -0.173. The normalized spacial score (nSPS) is 15.4. The number of anilines is 1. The fraction of sp³-hybridized carbons (Fsp3) is 0.522. The Balaban J connectivity index is 1.48. The fourth-order valence-electron chi connectivity index (χ4n) is 4.48. The summed E-state index contributed by atoms with van der Waals surface area (Å²) in [6.07, 6.45) is 5.86. The molecule has 2 aliphatic rings. The van der Waals surface area contributed by atoms with Crippen LogP contribution in [-0.4, -0.2) is 53.3 Å². The van der Waals surface area contributed by atoms with Crippen molar-refractivity contribution in [1.82, 2.24) is 14.5 Å². The van der Waals surface area contributed by atoms with E-state index in [1.165, 1.54) is 22.9 Å². The molecule has 1 amide bonds. The number of aryl methyl sites for hydroxylation is 1. The first kappa shape index (κ1) is 21.1. The monoisotopic (exact) mass is 426 g/mol. The van der Waals surface area contributed by atoms with E-state index in [1.54, 1.807) is 0 Å². The van der Waals surface area contributed by atoms with Gasteiger partial charge in [-0.15, -0.1) is 0 Å². The van der Waals surface area contributed by atoms with Crippen molar-refractivity contribution in [2.75, 3.05) is 37.8 Å². The van der Waals surface area contributed by atoms with Gasteiger partial charge < -0.3 is 9.80 Å². The van der Waals surface area contributed by atoms with Crippen molar-refractivity contribution >= 4 is 23.4 Å². The van der Waals surface area contributed by atoms with Gasteiger partial charge in [0.2, 0.25) is 5.91 Å². The number of thioether (sulfide) groups is 1. The second kappa shape index (κ2) is 9.35. The third-order valence-electron chi connectivity index (χ3n) is 5.93. The first-order chi connectivity index (χ1) is 14.5. The van der Waals surface area contributed by atoms with Crippen LogP contribution in [0.1, 0.15) is 36.1 Å². The van der Waals surface area contributed by atoms with Gasteiger partial charge in [-0.25, -0.2) is 4.79 Å². The van der Waals surface area contributed by atoms with Gasteiger partial charge in [-0.3, -0.25) is 9.36 Å². The highest BCUT2D eigenvalue weighted by Gasteiger charge is 2.25. The van der Waals surface area contributed by atoms with Crippen LogP contribution in [0.15, 0.2) is 34.1 Å². The lowest BCUT2D eigenvalue weighted by molar-refractivity contribution is -0.116. The van der Waals surface area contributed by atoms with Gasteiger partial charge in [0.1, 0.15) is 5.03 Å². The number of nitrogens with zero attached hydrogens (tertiary/aromatic N) is 4. The van der Waals surface area contributed by atoms with Crippen molar-refractivity contribution in [3.8, 4) is 0 Å². The molecule has 0 saturated carbocycles. The van der Waals surface area contributed by atoms with Gasteiger partial charge in [-0.05, 0) is 70.8 Å². The van der Waals surface area contributed by atoms with Gasteiger partial charge in [-0.1, -0.05) is 30.0 Å². The topological polar surface area (TPSA) is 58.4 Å². The van der Waals surface area contributed by atoms with Crippen LogP contribution in [0.25, 0.3) is 0 Å². The van der Waals surface area contributed by atoms with Crippen LogP contribution in [0, 0.1) is 0 Å². The third-order valence-corrected chi connectivity index (χ3v) is 6.93. The predicted molar refractivity (Wildman–Crippen MR) is 122 cm³/mol. The molecule has 2 aromatic rings. The molecule has 0 spiro atoms. The van der Waals surface area contributed by atoms with Gasteiger partial charge in [-0.2, -0.15) is 4.98 Å². The zero-order valence-corrected chi connectivity index (χ0v) is 18.7. The lowest BCUT2D eigenvalue weighted by atomic mass is 10.0. The van der Waals surface area contributed by atoms with Gasteiger partial charge in [0, 0.05) is 30.0 Å². The highest BCUT2D eigenvalue weighted by molar-refractivity contribution is 8.00. The second-order valence-electron chi connectivity index (χ2n) is 8.35. The summed E-state index contributed by atoms with van der Waals surface area (Å²) < 4.78 is 1.86. The van der Waals surface area contributed by atoms with Crippen LogP contribution in [0.4, 0.5) is 5.69 Å². The number of para-hydroxylation sites is 1. The molecule has 4 rings (SSSR count). The summed E-state index contributed by atoms with van der Waals surface area (Å²) >= 11 is 1.43. The molecule has 1 aliphatic heterocycles. The van der Waals surface area contributed by atoms with Crippen LogP contribution < -0.4 is 10.6 Å². The smallest absolute Gasteiger partial charge is 0.311 e. The molecule has 0 saturated heterocycles. The van der Waals surface area contributed by atoms with E-state index in [0.717, 1.165) is 68.0 Å². The Labute approximate surface area is 182 Å². The standard InChI is InChI=1S/C23H30N4O2S/c1-25(2)13-7-15-27-20-12-5-10-18(20)22(24-23(27)29)30-16-21(28)26-14-6-9-17-8-3-4-11-19(17)26/h3-4,8,11H,5-7,9-10,12-16H2,1-2H3. The van der Waals surface area contributed by atoms with E-state index >= 15 is 0 Å². The lowest BCUT2D eigenvalue weighted by Crippen LogP contribution is -2.36. The molecule has 0 N–H and O–H groups in total. The SMILES string of the molecule is CN(C)CCCn1c2c(c(SCC(=O)N3CCCc4ccccc43)nc1=O)CCC2. The number of fused-ring (bicyclic) bond motifs is 2. The quantitative estimate of drug-likeness (QED) is 0.503. The van der Waals surface area contributed by atoms with Crippen molar-refractivity contribution in [2.45, 2.75) is 50.1 Å². The molecule has 1 aromatic heterocycles. The molecule has 0 radical (unpaired) electrons. The van der Waals surface area contributed by atoms with Crippen molar-refractivity contribution in [3.63, 3.8) is 0 Å². The van der Waals surface area contributed by atoms with Crippen LogP contribution >= 0.6 is 11.8 Å². The minimum Gasteiger partial charge on any atom is -0.311 e. The number of carbonyl (C=O) groups excluding carboxylic acids is 1. The Kier molecular flexibility index (Phi) is 6.58. The Bertz CT molecular complexity index is 986. The zero-order valence-electron chi connectivity index (χ0n) is 17.9. The second-order valence-corrected chi connectivity index (χ2v) is 9.32. The summed E-state index contributed by atoms with van der Waals surface area (Å²) in [7, 11) is 4.09. The molecule has 7 heteroatoms. The fourth-order valence-corrected chi connectivity index (χ4v) is 5.43. The van der Waals surface area contributed by atoms with E-state index in [0.29, 0.717) is 12.3 Å². The van der Waals surface area contributed by atoms with Crippen molar-refractivity contribution in [1.29, 1.82) is 0 Å². The van der Waals surface area contributed by atoms with Crippen molar-refractivity contribution < 1.29 is 4.79 Å². The summed E-state index contributed by atoms with van der Waals surface area (Å²) in [6.45, 7) is 2.42. The number of aromatic nitrogens is 2. The van der Waals surface area contributed by atoms with Crippen LogP contribution in [0.5, 0.6) is 0 Å². The lowest BCUT2D eigenvalue weighted by Gasteiger charge is -2.29. The summed E-state index contributed by atoms with van der Waals surface area (Å²) in [5.74, 6) is 0.411. The van der Waals surface area contributed by atoms with E-state index < -0.39 is 0 Å². The molecule has 1 aliphatic carbocycles.